The second-order valence-corrected chi connectivity index (χ2v) is 12.7. The van der Waals surface area contributed by atoms with E-state index in [2.05, 4.69) is 0 Å². The van der Waals surface area contributed by atoms with Gasteiger partial charge in [-0.05, 0) is 58.1 Å². The fourth-order valence-corrected chi connectivity index (χ4v) is 6.75. The van der Waals surface area contributed by atoms with Crippen molar-refractivity contribution in [2.45, 2.75) is 0 Å². The zero-order chi connectivity index (χ0) is 47.0. The Labute approximate surface area is 336 Å². The molecule has 0 aliphatic heterocycles. The third-order valence-electron chi connectivity index (χ3n) is 9.40. The molecular formula is C51H34N4. The van der Waals surface area contributed by atoms with Crippen molar-refractivity contribution in [1.82, 2.24) is 19.5 Å². The summed E-state index contributed by atoms with van der Waals surface area (Å²) in [6, 6.07) is 34.2. The number of para-hydroxylation sites is 1. The van der Waals surface area contributed by atoms with Gasteiger partial charge in [-0.1, -0.05) is 176 Å². The molecule has 0 saturated carbocycles. The van der Waals surface area contributed by atoms with Crippen LogP contribution in [0.5, 0.6) is 0 Å². The third-order valence-corrected chi connectivity index (χ3v) is 9.40. The molecule has 0 fully saturated rings. The Morgan fingerprint density at radius 2 is 0.855 bits per heavy atom. The van der Waals surface area contributed by atoms with Gasteiger partial charge in [-0.25, -0.2) is 15.0 Å². The zero-order valence-electron chi connectivity index (χ0n) is 41.0. The van der Waals surface area contributed by atoms with Gasteiger partial charge in [0.05, 0.1) is 33.2 Å². The van der Waals surface area contributed by atoms with E-state index in [1.54, 1.807) is 48.5 Å². The highest BCUT2D eigenvalue weighted by Crippen LogP contribution is 2.39. The summed E-state index contributed by atoms with van der Waals surface area (Å²) in [5.74, 6) is 0.831. The van der Waals surface area contributed by atoms with E-state index in [-0.39, 0.29) is 68.1 Å². The minimum absolute atomic E-state index is 0.0123. The summed E-state index contributed by atoms with van der Waals surface area (Å²) >= 11 is 0. The summed E-state index contributed by atoms with van der Waals surface area (Å²) in [5, 5.41) is -0.197. The maximum absolute atomic E-state index is 9.76. The van der Waals surface area contributed by atoms with Crippen LogP contribution in [-0.4, -0.2) is 19.5 Å². The highest BCUT2D eigenvalue weighted by molar-refractivity contribution is 6.10. The predicted octanol–water partition coefficient (Wildman–Crippen LogP) is 13.0. The number of hydrogen-bond acceptors (Lipinski definition) is 3. The molecule has 258 valence electrons. The van der Waals surface area contributed by atoms with Crippen molar-refractivity contribution in [1.29, 1.82) is 0 Å². The van der Waals surface area contributed by atoms with Crippen LogP contribution in [0, 0.1) is 0 Å². The first-order chi connectivity index (χ1) is 32.3. The predicted molar refractivity (Wildman–Crippen MR) is 227 cm³/mol. The first-order valence-corrected chi connectivity index (χ1v) is 17.6. The van der Waals surface area contributed by atoms with E-state index >= 15 is 0 Å². The number of fused-ring (bicyclic) bond motifs is 3. The van der Waals surface area contributed by atoms with Gasteiger partial charge in [0.15, 0.2) is 17.5 Å². The van der Waals surface area contributed by atoms with Crippen LogP contribution in [0.2, 0.25) is 0 Å². The molecule has 0 aliphatic rings. The van der Waals surface area contributed by atoms with Crippen molar-refractivity contribution in [3.05, 3.63) is 206 Å². The average molecular weight is 715 g/mol. The Bertz CT molecular complexity index is 3610. The van der Waals surface area contributed by atoms with Crippen LogP contribution in [0.15, 0.2) is 206 Å². The second-order valence-electron chi connectivity index (χ2n) is 12.7. The topological polar surface area (TPSA) is 43.6 Å². The standard InChI is InChI=1S/C51H34N4/c1-5-15-35(16-6-1)37-25-27-40(28-26-37)50-52-49(39-21-11-4-12-22-39)53-51(54-50)42-30-32-47(45(33-42)38-19-9-3-10-20-38)55-46-24-14-13-23-43(46)44-31-29-41(34-48(44)55)36-17-7-2-8-18-36/h1-34H/i3D,9D,10D,13D,14D,19D,20D,23D,24D,29D,31D,34D. The summed E-state index contributed by atoms with van der Waals surface area (Å²) in [6.45, 7) is 0. The van der Waals surface area contributed by atoms with E-state index < -0.39 is 54.4 Å². The number of rotatable bonds is 7. The molecule has 0 amide bonds. The molecule has 55 heavy (non-hydrogen) atoms. The Balaban J connectivity index is 1.31. The lowest BCUT2D eigenvalue weighted by Crippen LogP contribution is -2.02. The molecule has 0 radical (unpaired) electrons. The van der Waals surface area contributed by atoms with Gasteiger partial charge in [0.25, 0.3) is 0 Å². The minimum atomic E-state index is -0.627. The van der Waals surface area contributed by atoms with Crippen LogP contribution in [0.25, 0.3) is 95.0 Å². The average Bonchev–Trinajstić information content (AvgIpc) is 3.73. The van der Waals surface area contributed by atoms with E-state index in [0.717, 1.165) is 11.1 Å². The van der Waals surface area contributed by atoms with E-state index in [0.29, 0.717) is 33.9 Å². The molecule has 4 heteroatoms. The number of aromatic nitrogens is 4. The maximum atomic E-state index is 9.76. The Morgan fingerprint density at radius 3 is 1.53 bits per heavy atom. The SMILES string of the molecule is [2H]c1c([2H])c([2H])c(-c2cc(-c3nc(-c4ccccc4)nc(-c4ccc(-c5ccccc5)cc4)n3)ccc2-n2c3c([2H])c([2H])c([2H])c([2H])c3c3c([2H])c([2H])c(-c4ccccc4)c([2H])c32)c([2H])c1[2H]. The molecule has 2 heterocycles. The Morgan fingerprint density at radius 1 is 0.364 bits per heavy atom. The fourth-order valence-electron chi connectivity index (χ4n) is 6.75. The number of hydrogen-bond donors (Lipinski definition) is 0. The smallest absolute Gasteiger partial charge is 0.164 e. The lowest BCUT2D eigenvalue weighted by atomic mass is 9.99. The monoisotopic (exact) mass is 714 g/mol. The molecule has 10 aromatic rings. The summed E-state index contributed by atoms with van der Waals surface area (Å²) < 4.78 is 110. The molecule has 10 rings (SSSR count). The van der Waals surface area contributed by atoms with Crippen molar-refractivity contribution in [2.24, 2.45) is 0 Å². The Kier molecular flexibility index (Phi) is 5.52. The quantitative estimate of drug-likeness (QED) is 0.165. The molecule has 4 nitrogen and oxygen atoms in total. The fraction of sp³-hybridized carbons (Fsp3) is 0. The second kappa shape index (κ2) is 13.8. The first kappa shape index (κ1) is 21.9. The van der Waals surface area contributed by atoms with E-state index in [1.165, 1.54) is 4.57 Å². The van der Waals surface area contributed by atoms with Gasteiger partial charge in [-0.3, -0.25) is 0 Å². The highest BCUT2D eigenvalue weighted by atomic mass is 15.0. The molecule has 0 atom stereocenters. The summed E-state index contributed by atoms with van der Waals surface area (Å²) in [7, 11) is 0. The van der Waals surface area contributed by atoms with Crippen molar-refractivity contribution in [3.63, 3.8) is 0 Å². The molecule has 8 aromatic carbocycles. The zero-order valence-corrected chi connectivity index (χ0v) is 29.0. The van der Waals surface area contributed by atoms with Crippen molar-refractivity contribution >= 4 is 21.8 Å². The molecule has 0 saturated heterocycles. The summed E-state index contributed by atoms with van der Waals surface area (Å²) in [6.07, 6.45) is 0. The normalized spacial score (nSPS) is 14.3. The van der Waals surface area contributed by atoms with Crippen molar-refractivity contribution in [2.75, 3.05) is 0 Å². The lowest BCUT2D eigenvalue weighted by Gasteiger charge is -2.16. The van der Waals surface area contributed by atoms with E-state index in [9.17, 15) is 6.85 Å². The van der Waals surface area contributed by atoms with Crippen molar-refractivity contribution < 1.29 is 16.4 Å². The van der Waals surface area contributed by atoms with Crippen LogP contribution < -0.4 is 0 Å². The van der Waals surface area contributed by atoms with Gasteiger partial charge < -0.3 is 4.57 Å². The van der Waals surface area contributed by atoms with Crippen LogP contribution in [0.3, 0.4) is 0 Å². The molecule has 0 aliphatic carbocycles. The van der Waals surface area contributed by atoms with Gasteiger partial charge in [0, 0.05) is 33.0 Å². The van der Waals surface area contributed by atoms with Gasteiger partial charge in [-0.2, -0.15) is 0 Å². The molecule has 0 spiro atoms. The van der Waals surface area contributed by atoms with Crippen LogP contribution in [-0.2, 0) is 0 Å². The summed E-state index contributed by atoms with van der Waals surface area (Å²) in [5.41, 5.74) is 3.88. The van der Waals surface area contributed by atoms with Crippen LogP contribution in [0.1, 0.15) is 16.4 Å². The minimum Gasteiger partial charge on any atom is -0.309 e. The first-order valence-electron chi connectivity index (χ1n) is 23.6. The van der Waals surface area contributed by atoms with Gasteiger partial charge in [0.2, 0.25) is 0 Å². The summed E-state index contributed by atoms with van der Waals surface area (Å²) in [4.78, 5) is 14.7. The molecule has 2 aromatic heterocycles. The van der Waals surface area contributed by atoms with Gasteiger partial charge in [-0.15, -0.1) is 0 Å². The van der Waals surface area contributed by atoms with Crippen molar-refractivity contribution in [3.8, 4) is 73.2 Å². The Hall–Kier alpha value is -7.43. The van der Waals surface area contributed by atoms with E-state index in [1.807, 2.05) is 84.9 Å². The number of benzene rings is 8. The van der Waals surface area contributed by atoms with Gasteiger partial charge in [0.1, 0.15) is 0 Å². The lowest BCUT2D eigenvalue weighted by molar-refractivity contribution is 1.07. The van der Waals surface area contributed by atoms with Crippen LogP contribution >= 0.6 is 0 Å². The molecular weight excluding hydrogens is 669 g/mol. The third kappa shape index (κ3) is 6.06. The molecule has 0 unspecified atom stereocenters. The van der Waals surface area contributed by atoms with E-state index in [4.69, 9.17) is 24.5 Å². The van der Waals surface area contributed by atoms with Gasteiger partial charge >= 0.3 is 0 Å². The number of nitrogens with zero attached hydrogens (tertiary/aromatic N) is 4. The van der Waals surface area contributed by atoms with Crippen LogP contribution in [0.4, 0.5) is 0 Å². The largest absolute Gasteiger partial charge is 0.309 e. The molecule has 0 N–H and O–H groups in total. The molecule has 0 bridgehead atoms. The highest BCUT2D eigenvalue weighted by Gasteiger charge is 2.19. The maximum Gasteiger partial charge on any atom is 0.164 e.